The fourth-order valence-corrected chi connectivity index (χ4v) is 2.15. The van der Waals surface area contributed by atoms with Crippen LogP contribution in [0.15, 0.2) is 48.5 Å². The SMILES string of the molecule is O=C(NNc1nc(C(F)(F)F)c2cc(F)ccc2n1)c1ccccc1. The predicted molar refractivity (Wildman–Crippen MR) is 82.0 cm³/mol. The number of rotatable bonds is 3. The lowest BCUT2D eigenvalue weighted by atomic mass is 10.2. The van der Waals surface area contributed by atoms with E-state index in [1.807, 2.05) is 0 Å². The molecule has 0 aliphatic carbocycles. The van der Waals surface area contributed by atoms with Gasteiger partial charge in [0.1, 0.15) is 5.82 Å². The minimum atomic E-state index is -4.81. The van der Waals surface area contributed by atoms with Crippen molar-refractivity contribution >= 4 is 22.8 Å². The number of alkyl halides is 3. The van der Waals surface area contributed by atoms with Crippen LogP contribution >= 0.6 is 0 Å². The molecule has 0 bridgehead atoms. The molecule has 25 heavy (non-hydrogen) atoms. The van der Waals surface area contributed by atoms with E-state index in [2.05, 4.69) is 20.8 Å². The highest BCUT2D eigenvalue weighted by molar-refractivity contribution is 5.94. The van der Waals surface area contributed by atoms with Crippen molar-refractivity contribution in [3.8, 4) is 0 Å². The van der Waals surface area contributed by atoms with Crippen molar-refractivity contribution in [3.63, 3.8) is 0 Å². The van der Waals surface area contributed by atoms with Crippen LogP contribution in [0.25, 0.3) is 10.9 Å². The first kappa shape index (κ1) is 16.6. The van der Waals surface area contributed by atoms with Crippen LogP contribution in [0.4, 0.5) is 23.5 Å². The number of halogens is 4. The van der Waals surface area contributed by atoms with Crippen molar-refractivity contribution in [3.05, 3.63) is 65.6 Å². The maximum atomic E-state index is 13.3. The van der Waals surface area contributed by atoms with Crippen LogP contribution < -0.4 is 10.9 Å². The molecular weight excluding hydrogens is 340 g/mol. The molecule has 2 aromatic carbocycles. The van der Waals surface area contributed by atoms with Gasteiger partial charge in [-0.05, 0) is 30.3 Å². The lowest BCUT2D eigenvalue weighted by Crippen LogP contribution is -2.30. The highest BCUT2D eigenvalue weighted by Gasteiger charge is 2.35. The molecule has 0 radical (unpaired) electrons. The lowest BCUT2D eigenvalue weighted by Gasteiger charge is -2.13. The average molecular weight is 350 g/mol. The third kappa shape index (κ3) is 3.65. The summed E-state index contributed by atoms with van der Waals surface area (Å²) in [5, 5.41) is -0.465. The highest BCUT2D eigenvalue weighted by atomic mass is 19.4. The molecule has 128 valence electrons. The van der Waals surface area contributed by atoms with Gasteiger partial charge in [0.05, 0.1) is 5.52 Å². The summed E-state index contributed by atoms with van der Waals surface area (Å²) in [5.74, 6) is -1.87. The Balaban J connectivity index is 1.92. The second kappa shape index (κ2) is 6.34. The summed E-state index contributed by atoms with van der Waals surface area (Å²) in [6.07, 6.45) is -4.81. The standard InChI is InChI=1S/C16H10F4N4O/c17-10-6-7-12-11(8-10)13(16(18,19)20)22-15(21-12)24-23-14(25)9-4-2-1-3-5-9/h1-8H,(H,23,25)(H,21,22,24). The van der Waals surface area contributed by atoms with Gasteiger partial charge < -0.3 is 0 Å². The number of amides is 1. The Morgan fingerprint density at radius 1 is 1.00 bits per heavy atom. The fourth-order valence-electron chi connectivity index (χ4n) is 2.15. The second-order valence-corrected chi connectivity index (χ2v) is 5.00. The molecule has 0 saturated carbocycles. The van der Waals surface area contributed by atoms with E-state index < -0.39 is 34.9 Å². The zero-order valence-corrected chi connectivity index (χ0v) is 12.4. The molecular formula is C16H10F4N4O. The number of benzene rings is 2. The normalized spacial score (nSPS) is 11.4. The van der Waals surface area contributed by atoms with Gasteiger partial charge >= 0.3 is 6.18 Å². The largest absolute Gasteiger partial charge is 0.434 e. The molecule has 2 N–H and O–H groups in total. The molecule has 0 aliphatic rings. The van der Waals surface area contributed by atoms with Crippen molar-refractivity contribution in [1.82, 2.24) is 15.4 Å². The van der Waals surface area contributed by atoms with E-state index in [0.29, 0.717) is 11.6 Å². The van der Waals surface area contributed by atoms with Crippen LogP contribution in [-0.4, -0.2) is 15.9 Å². The van der Waals surface area contributed by atoms with E-state index in [1.54, 1.807) is 18.2 Å². The summed E-state index contributed by atoms with van der Waals surface area (Å²) in [6, 6.07) is 10.9. The summed E-state index contributed by atoms with van der Waals surface area (Å²) < 4.78 is 52.7. The number of carbonyl (C=O) groups is 1. The van der Waals surface area contributed by atoms with Gasteiger partial charge in [0.2, 0.25) is 5.95 Å². The Morgan fingerprint density at radius 2 is 1.72 bits per heavy atom. The molecule has 5 nitrogen and oxygen atoms in total. The van der Waals surface area contributed by atoms with E-state index in [-0.39, 0.29) is 5.52 Å². The molecule has 0 aliphatic heterocycles. The topological polar surface area (TPSA) is 66.9 Å². The van der Waals surface area contributed by atoms with Crippen LogP contribution in [0.2, 0.25) is 0 Å². The van der Waals surface area contributed by atoms with Gasteiger partial charge in [0.15, 0.2) is 5.69 Å². The predicted octanol–water partition coefficient (Wildman–Crippen LogP) is 3.54. The van der Waals surface area contributed by atoms with Gasteiger partial charge in [-0.3, -0.25) is 15.6 Å². The Hall–Kier alpha value is -3.23. The van der Waals surface area contributed by atoms with Crippen molar-refractivity contribution in [2.45, 2.75) is 6.18 Å². The Morgan fingerprint density at radius 3 is 2.40 bits per heavy atom. The maximum absolute atomic E-state index is 13.3. The van der Waals surface area contributed by atoms with Crippen molar-refractivity contribution in [2.75, 3.05) is 5.43 Å². The van der Waals surface area contributed by atoms with Gasteiger partial charge in [-0.25, -0.2) is 14.4 Å². The smallest absolute Gasteiger partial charge is 0.267 e. The monoisotopic (exact) mass is 350 g/mol. The summed E-state index contributed by atoms with van der Waals surface area (Å²) in [7, 11) is 0. The van der Waals surface area contributed by atoms with E-state index >= 15 is 0 Å². The molecule has 0 fully saturated rings. The Labute approximate surface area is 138 Å². The molecule has 3 rings (SSSR count). The Bertz CT molecular complexity index is 929. The quantitative estimate of drug-likeness (QED) is 0.560. The first-order valence-corrected chi connectivity index (χ1v) is 7.00. The highest BCUT2D eigenvalue weighted by Crippen LogP contribution is 2.33. The first-order chi connectivity index (χ1) is 11.8. The van der Waals surface area contributed by atoms with Gasteiger partial charge in [-0.1, -0.05) is 18.2 Å². The zero-order valence-electron chi connectivity index (χ0n) is 12.4. The minimum Gasteiger partial charge on any atom is -0.267 e. The number of hydrazine groups is 1. The van der Waals surface area contributed by atoms with Crippen molar-refractivity contribution in [1.29, 1.82) is 0 Å². The third-order valence-corrected chi connectivity index (χ3v) is 3.25. The number of carbonyl (C=O) groups excluding carboxylic acids is 1. The van der Waals surface area contributed by atoms with Crippen LogP contribution in [-0.2, 0) is 6.18 Å². The number of nitrogens with one attached hydrogen (secondary N) is 2. The van der Waals surface area contributed by atoms with E-state index in [4.69, 9.17) is 0 Å². The Kier molecular flexibility index (Phi) is 4.22. The minimum absolute atomic E-state index is 0.111. The first-order valence-electron chi connectivity index (χ1n) is 7.00. The summed E-state index contributed by atoms with van der Waals surface area (Å²) in [4.78, 5) is 19.1. The second-order valence-electron chi connectivity index (χ2n) is 5.00. The van der Waals surface area contributed by atoms with Gasteiger partial charge in [-0.15, -0.1) is 0 Å². The molecule has 1 heterocycles. The van der Waals surface area contributed by atoms with Gasteiger partial charge in [0, 0.05) is 10.9 Å². The average Bonchev–Trinajstić information content (AvgIpc) is 2.59. The van der Waals surface area contributed by atoms with E-state index in [9.17, 15) is 22.4 Å². The molecule has 0 unspecified atom stereocenters. The third-order valence-electron chi connectivity index (χ3n) is 3.25. The van der Waals surface area contributed by atoms with Crippen LogP contribution in [0.3, 0.4) is 0 Å². The van der Waals surface area contributed by atoms with Crippen LogP contribution in [0.5, 0.6) is 0 Å². The number of aromatic nitrogens is 2. The molecule has 3 aromatic rings. The van der Waals surface area contributed by atoms with Gasteiger partial charge in [-0.2, -0.15) is 13.2 Å². The summed E-state index contributed by atoms with van der Waals surface area (Å²) in [5.41, 5.74) is 3.35. The molecule has 0 atom stereocenters. The molecule has 0 spiro atoms. The summed E-state index contributed by atoms with van der Waals surface area (Å²) >= 11 is 0. The van der Waals surface area contributed by atoms with Crippen molar-refractivity contribution in [2.24, 2.45) is 0 Å². The fraction of sp³-hybridized carbons (Fsp3) is 0.0625. The molecule has 1 amide bonds. The van der Waals surface area contributed by atoms with Crippen molar-refractivity contribution < 1.29 is 22.4 Å². The van der Waals surface area contributed by atoms with Crippen LogP contribution in [0.1, 0.15) is 16.1 Å². The lowest BCUT2D eigenvalue weighted by molar-refractivity contribution is -0.139. The zero-order chi connectivity index (χ0) is 18.0. The van der Waals surface area contributed by atoms with E-state index in [1.165, 1.54) is 12.1 Å². The molecule has 9 heteroatoms. The maximum Gasteiger partial charge on any atom is 0.434 e. The van der Waals surface area contributed by atoms with Crippen LogP contribution in [0, 0.1) is 5.82 Å². The van der Waals surface area contributed by atoms with Gasteiger partial charge in [0.25, 0.3) is 5.91 Å². The van der Waals surface area contributed by atoms with E-state index in [0.717, 1.165) is 12.1 Å². The molecule has 1 aromatic heterocycles. The molecule has 0 saturated heterocycles. The number of hydrogen-bond donors (Lipinski definition) is 2. The number of anilines is 1. The number of nitrogens with zero attached hydrogens (tertiary/aromatic N) is 2. The summed E-state index contributed by atoms with van der Waals surface area (Å²) in [6.45, 7) is 0. The number of fused-ring (bicyclic) bond motifs is 1. The number of hydrogen-bond acceptors (Lipinski definition) is 4.